The van der Waals surface area contributed by atoms with E-state index in [2.05, 4.69) is 25.9 Å². The minimum absolute atomic E-state index is 0.0911. The number of aromatic hydroxyl groups is 1. The zero-order valence-corrected chi connectivity index (χ0v) is 13.5. The summed E-state index contributed by atoms with van der Waals surface area (Å²) in [5, 5.41) is 25.3. The smallest absolute Gasteiger partial charge is 0.263 e. The average Bonchev–Trinajstić information content (AvgIpc) is 3.09. The molecule has 0 aliphatic rings. The fourth-order valence-corrected chi connectivity index (χ4v) is 2.09. The van der Waals surface area contributed by atoms with Gasteiger partial charge in [0.2, 0.25) is 5.82 Å². The largest absolute Gasteiger partial charge is 0.508 e. The van der Waals surface area contributed by atoms with Crippen molar-refractivity contribution in [1.82, 2.24) is 25.6 Å². The molecule has 0 aliphatic heterocycles. The van der Waals surface area contributed by atoms with Crippen molar-refractivity contribution in [2.75, 3.05) is 0 Å². The van der Waals surface area contributed by atoms with Crippen LogP contribution >= 0.6 is 0 Å². The van der Waals surface area contributed by atoms with E-state index in [9.17, 15) is 9.90 Å². The second kappa shape index (κ2) is 7.35. The lowest BCUT2D eigenvalue weighted by Crippen LogP contribution is -2.25. The Morgan fingerprint density at radius 1 is 1.16 bits per heavy atom. The third-order valence-electron chi connectivity index (χ3n) is 3.40. The van der Waals surface area contributed by atoms with Crippen LogP contribution in [0.4, 0.5) is 0 Å². The fraction of sp³-hybridized carbons (Fsp3) is 0.118. The molecular formula is C17H16N6O2. The molecule has 1 amide bonds. The molecule has 8 nitrogen and oxygen atoms in total. The Morgan fingerprint density at radius 2 is 1.88 bits per heavy atom. The monoisotopic (exact) mass is 336 g/mol. The maximum Gasteiger partial charge on any atom is 0.263 e. The van der Waals surface area contributed by atoms with E-state index in [0.717, 1.165) is 11.1 Å². The molecule has 25 heavy (non-hydrogen) atoms. The Balaban J connectivity index is 1.60. The number of hydrazone groups is 1. The summed E-state index contributed by atoms with van der Waals surface area (Å²) in [7, 11) is 0. The van der Waals surface area contributed by atoms with Crippen LogP contribution in [0.25, 0.3) is 11.4 Å². The van der Waals surface area contributed by atoms with Gasteiger partial charge in [0.25, 0.3) is 5.91 Å². The van der Waals surface area contributed by atoms with Crippen molar-refractivity contribution in [3.05, 3.63) is 60.2 Å². The van der Waals surface area contributed by atoms with Crippen LogP contribution in [0.3, 0.4) is 0 Å². The Labute approximate surface area is 143 Å². The number of hydrogen-bond acceptors (Lipinski definition) is 6. The molecule has 0 radical (unpaired) electrons. The predicted octanol–water partition coefficient (Wildman–Crippen LogP) is 1.59. The van der Waals surface area contributed by atoms with E-state index in [1.165, 1.54) is 4.80 Å². The summed E-state index contributed by atoms with van der Waals surface area (Å²) in [6.45, 7) is 1.67. The van der Waals surface area contributed by atoms with Crippen molar-refractivity contribution in [3.63, 3.8) is 0 Å². The summed E-state index contributed by atoms with van der Waals surface area (Å²) in [6.07, 6.45) is 0. The lowest BCUT2D eigenvalue weighted by Gasteiger charge is -2.02. The van der Waals surface area contributed by atoms with E-state index < -0.39 is 0 Å². The molecule has 2 aromatic carbocycles. The van der Waals surface area contributed by atoms with Gasteiger partial charge in [-0.25, -0.2) is 5.43 Å². The van der Waals surface area contributed by atoms with E-state index in [-0.39, 0.29) is 18.2 Å². The molecule has 2 N–H and O–H groups in total. The number of amides is 1. The highest BCUT2D eigenvalue weighted by Crippen LogP contribution is 2.12. The normalized spacial score (nSPS) is 11.3. The first-order valence-corrected chi connectivity index (χ1v) is 7.57. The third kappa shape index (κ3) is 4.25. The molecule has 3 aromatic rings. The van der Waals surface area contributed by atoms with Crippen LogP contribution in [0.5, 0.6) is 5.75 Å². The molecule has 3 rings (SSSR count). The lowest BCUT2D eigenvalue weighted by molar-refractivity contribution is -0.122. The maximum absolute atomic E-state index is 12.0. The molecule has 126 valence electrons. The predicted molar refractivity (Wildman–Crippen MR) is 91.7 cm³/mol. The van der Waals surface area contributed by atoms with Crippen LogP contribution in [0.15, 0.2) is 59.7 Å². The molecular weight excluding hydrogens is 320 g/mol. The molecule has 0 saturated carbocycles. The number of nitrogens with zero attached hydrogens (tertiary/aromatic N) is 5. The highest BCUT2D eigenvalue weighted by atomic mass is 16.3. The van der Waals surface area contributed by atoms with Crippen LogP contribution in [0, 0.1) is 0 Å². The van der Waals surface area contributed by atoms with Crippen LogP contribution in [0.1, 0.15) is 12.5 Å². The van der Waals surface area contributed by atoms with Crippen LogP contribution in [-0.4, -0.2) is 36.9 Å². The second-order valence-corrected chi connectivity index (χ2v) is 5.29. The van der Waals surface area contributed by atoms with Gasteiger partial charge in [0.15, 0.2) is 0 Å². The summed E-state index contributed by atoms with van der Waals surface area (Å²) in [5.41, 5.74) is 4.69. The van der Waals surface area contributed by atoms with E-state index in [1.807, 2.05) is 30.3 Å². The van der Waals surface area contributed by atoms with Crippen molar-refractivity contribution in [2.45, 2.75) is 13.5 Å². The van der Waals surface area contributed by atoms with Gasteiger partial charge in [0.1, 0.15) is 12.3 Å². The van der Waals surface area contributed by atoms with Crippen molar-refractivity contribution in [2.24, 2.45) is 5.10 Å². The van der Waals surface area contributed by atoms with Gasteiger partial charge in [-0.05, 0) is 42.0 Å². The fourth-order valence-electron chi connectivity index (χ4n) is 2.09. The first-order chi connectivity index (χ1) is 12.1. The number of rotatable bonds is 5. The number of carbonyl (C=O) groups excluding carboxylic acids is 1. The maximum atomic E-state index is 12.0. The standard InChI is InChI=1S/C17H16N6O2/c1-12(13-7-9-15(24)10-8-13)18-19-16(25)11-23-21-17(20-22-23)14-5-3-2-4-6-14/h2-10,24H,11H2,1H3,(H,19,25)/b18-12+. The number of benzene rings is 2. The Bertz CT molecular complexity index is 887. The average molecular weight is 336 g/mol. The first kappa shape index (κ1) is 16.3. The van der Waals surface area contributed by atoms with E-state index in [4.69, 9.17) is 0 Å². The summed E-state index contributed by atoms with van der Waals surface area (Å²) in [6, 6.07) is 15.9. The number of aromatic nitrogens is 4. The van der Waals surface area contributed by atoms with Crippen LogP contribution in [0.2, 0.25) is 0 Å². The second-order valence-electron chi connectivity index (χ2n) is 5.29. The summed E-state index contributed by atoms with van der Waals surface area (Å²) in [4.78, 5) is 13.2. The van der Waals surface area contributed by atoms with Gasteiger partial charge in [0, 0.05) is 5.56 Å². The van der Waals surface area contributed by atoms with Gasteiger partial charge in [-0.15, -0.1) is 10.2 Å². The highest BCUT2D eigenvalue weighted by molar-refractivity contribution is 5.99. The molecule has 0 saturated heterocycles. The zero-order valence-electron chi connectivity index (χ0n) is 13.5. The van der Waals surface area contributed by atoms with E-state index in [1.54, 1.807) is 31.2 Å². The number of phenols is 1. The molecule has 0 aliphatic carbocycles. The molecule has 1 aromatic heterocycles. The molecule has 0 spiro atoms. The van der Waals surface area contributed by atoms with Gasteiger partial charge in [-0.3, -0.25) is 4.79 Å². The third-order valence-corrected chi connectivity index (χ3v) is 3.40. The number of tetrazole rings is 1. The van der Waals surface area contributed by atoms with Crippen LogP contribution in [-0.2, 0) is 11.3 Å². The molecule has 0 unspecified atom stereocenters. The molecule has 0 fully saturated rings. The lowest BCUT2D eigenvalue weighted by atomic mass is 10.1. The summed E-state index contributed by atoms with van der Waals surface area (Å²) >= 11 is 0. The van der Waals surface area contributed by atoms with Gasteiger partial charge in [-0.1, -0.05) is 30.3 Å². The minimum Gasteiger partial charge on any atom is -0.508 e. The zero-order chi connectivity index (χ0) is 17.6. The van der Waals surface area contributed by atoms with Crippen molar-refractivity contribution in [1.29, 1.82) is 0 Å². The van der Waals surface area contributed by atoms with Crippen molar-refractivity contribution >= 4 is 11.6 Å². The Morgan fingerprint density at radius 3 is 2.60 bits per heavy atom. The van der Waals surface area contributed by atoms with Gasteiger partial charge < -0.3 is 5.11 Å². The minimum atomic E-state index is -0.366. The topological polar surface area (TPSA) is 105 Å². The molecule has 0 atom stereocenters. The summed E-state index contributed by atoms with van der Waals surface area (Å²) < 4.78 is 0. The number of phenolic OH excluding ortho intramolecular Hbond substituents is 1. The van der Waals surface area contributed by atoms with Crippen molar-refractivity contribution < 1.29 is 9.90 Å². The highest BCUT2D eigenvalue weighted by Gasteiger charge is 2.09. The Hall–Kier alpha value is -3.55. The van der Waals surface area contributed by atoms with Gasteiger partial charge in [-0.2, -0.15) is 9.90 Å². The molecule has 1 heterocycles. The van der Waals surface area contributed by atoms with Crippen molar-refractivity contribution in [3.8, 4) is 17.1 Å². The molecule has 0 bridgehead atoms. The first-order valence-electron chi connectivity index (χ1n) is 7.57. The van der Waals surface area contributed by atoms with Crippen LogP contribution < -0.4 is 5.43 Å². The Kier molecular flexibility index (Phi) is 4.79. The van der Waals surface area contributed by atoms with E-state index in [0.29, 0.717) is 11.5 Å². The molecule has 8 heteroatoms. The quantitative estimate of drug-likeness (QED) is 0.544. The van der Waals surface area contributed by atoms with E-state index >= 15 is 0 Å². The number of carbonyl (C=O) groups is 1. The van der Waals surface area contributed by atoms with Gasteiger partial charge >= 0.3 is 0 Å². The number of nitrogens with one attached hydrogen (secondary N) is 1. The number of hydrogen-bond donors (Lipinski definition) is 2. The summed E-state index contributed by atoms with van der Waals surface area (Å²) in [5.74, 6) is 0.263. The SMILES string of the molecule is C/C(=N\NC(=O)Cn1nnc(-c2ccccc2)n1)c1ccc(O)cc1. The van der Waals surface area contributed by atoms with Gasteiger partial charge in [0.05, 0.1) is 5.71 Å².